The van der Waals surface area contributed by atoms with Gasteiger partial charge in [-0.2, -0.15) is 18.3 Å². The van der Waals surface area contributed by atoms with Crippen molar-refractivity contribution < 1.29 is 33.3 Å². The molecular formula is C35H30F3N5O4. The number of rotatable bonds is 8. The molecule has 0 radical (unpaired) electrons. The Morgan fingerprint density at radius 1 is 0.915 bits per heavy atom. The van der Waals surface area contributed by atoms with Gasteiger partial charge in [-0.05, 0) is 47.9 Å². The van der Waals surface area contributed by atoms with Gasteiger partial charge in [0.15, 0.2) is 0 Å². The zero-order chi connectivity index (χ0) is 33.6. The summed E-state index contributed by atoms with van der Waals surface area (Å²) in [6.07, 6.45) is -0.368. The van der Waals surface area contributed by atoms with Gasteiger partial charge in [0.1, 0.15) is 5.75 Å². The molecule has 0 aliphatic carbocycles. The van der Waals surface area contributed by atoms with E-state index in [1.54, 1.807) is 36.7 Å². The van der Waals surface area contributed by atoms with Crippen LogP contribution in [0.2, 0.25) is 0 Å². The monoisotopic (exact) mass is 641 g/mol. The topological polar surface area (TPSA) is 144 Å². The third-order valence-corrected chi connectivity index (χ3v) is 7.41. The number of aromatic hydroxyl groups is 1. The van der Waals surface area contributed by atoms with E-state index in [9.17, 15) is 23.4 Å². The summed E-state index contributed by atoms with van der Waals surface area (Å²) < 4.78 is 31.7. The van der Waals surface area contributed by atoms with Gasteiger partial charge < -0.3 is 20.6 Å². The van der Waals surface area contributed by atoms with E-state index in [1.165, 1.54) is 0 Å². The lowest BCUT2D eigenvalue weighted by Gasteiger charge is -2.21. The molecule has 0 bridgehead atoms. The predicted octanol–water partition coefficient (Wildman–Crippen LogP) is 6.90. The predicted molar refractivity (Wildman–Crippen MR) is 171 cm³/mol. The number of carboxylic acids is 1. The van der Waals surface area contributed by atoms with Crippen molar-refractivity contribution in [2.45, 2.75) is 31.8 Å². The lowest BCUT2D eigenvalue weighted by molar-refractivity contribution is -0.192. The number of hydrogen-bond donors (Lipinski definition) is 5. The first-order valence-electron chi connectivity index (χ1n) is 14.5. The lowest BCUT2D eigenvalue weighted by Crippen LogP contribution is -2.31. The van der Waals surface area contributed by atoms with E-state index in [-0.39, 0.29) is 11.8 Å². The van der Waals surface area contributed by atoms with E-state index >= 15 is 0 Å². The molecule has 12 heteroatoms. The van der Waals surface area contributed by atoms with Crippen molar-refractivity contribution in [3.8, 4) is 39.4 Å². The molecule has 0 aliphatic rings. The number of phenols is 1. The molecular weight excluding hydrogens is 611 g/mol. The first-order valence-corrected chi connectivity index (χ1v) is 14.5. The second-order valence-electron chi connectivity index (χ2n) is 10.7. The Morgan fingerprint density at radius 3 is 2.21 bits per heavy atom. The maximum absolute atomic E-state index is 10.7. The number of fused-ring (bicyclic) bond motifs is 1. The first-order chi connectivity index (χ1) is 22.5. The normalized spacial score (nSPS) is 12.6. The second kappa shape index (κ2) is 14.2. The van der Waals surface area contributed by atoms with Crippen molar-refractivity contribution >= 4 is 16.9 Å². The summed E-state index contributed by atoms with van der Waals surface area (Å²) in [7, 11) is 0. The SMILES string of the molecule is CC(NCc1ccc(-c2nc3ccnc(-c4cn[nH]c4)c3cc2-c2ccccc2)cc1)C(O)c1ccc(O)cc1.O=C(O)C(F)(F)F. The number of aromatic amines is 1. The van der Waals surface area contributed by atoms with E-state index in [0.717, 1.165) is 55.7 Å². The van der Waals surface area contributed by atoms with Gasteiger partial charge in [-0.1, -0.05) is 66.7 Å². The molecule has 5 N–H and O–H groups in total. The van der Waals surface area contributed by atoms with Crippen LogP contribution in [0.5, 0.6) is 5.75 Å². The molecule has 2 unspecified atom stereocenters. The van der Waals surface area contributed by atoms with Crippen molar-refractivity contribution in [3.05, 3.63) is 121 Å². The average Bonchev–Trinajstić information content (AvgIpc) is 3.62. The Kier molecular flexibility index (Phi) is 9.93. The summed E-state index contributed by atoms with van der Waals surface area (Å²) >= 11 is 0. The van der Waals surface area contributed by atoms with Gasteiger partial charge in [0.25, 0.3) is 0 Å². The van der Waals surface area contributed by atoms with Gasteiger partial charge in [0, 0.05) is 47.1 Å². The highest BCUT2D eigenvalue weighted by Crippen LogP contribution is 2.36. The molecule has 3 aromatic carbocycles. The van der Waals surface area contributed by atoms with Crippen LogP contribution in [-0.2, 0) is 11.3 Å². The van der Waals surface area contributed by atoms with E-state index < -0.39 is 18.2 Å². The molecule has 240 valence electrons. The molecule has 0 spiro atoms. The minimum atomic E-state index is -5.08. The molecule has 0 aliphatic heterocycles. The van der Waals surface area contributed by atoms with Crippen LogP contribution in [0.3, 0.4) is 0 Å². The van der Waals surface area contributed by atoms with Gasteiger partial charge in [0.05, 0.1) is 29.2 Å². The Labute approximate surface area is 267 Å². The fourth-order valence-electron chi connectivity index (χ4n) is 4.90. The molecule has 3 heterocycles. The summed E-state index contributed by atoms with van der Waals surface area (Å²) in [5.74, 6) is -2.57. The number of carbonyl (C=O) groups is 1. The third-order valence-electron chi connectivity index (χ3n) is 7.41. The third kappa shape index (κ3) is 7.98. The number of aromatic nitrogens is 4. The van der Waals surface area contributed by atoms with Crippen LogP contribution in [0.1, 0.15) is 24.2 Å². The van der Waals surface area contributed by atoms with Crippen LogP contribution in [0.25, 0.3) is 44.5 Å². The molecule has 9 nitrogen and oxygen atoms in total. The van der Waals surface area contributed by atoms with Gasteiger partial charge in [-0.3, -0.25) is 10.1 Å². The van der Waals surface area contributed by atoms with Gasteiger partial charge in [0.2, 0.25) is 0 Å². The van der Waals surface area contributed by atoms with Crippen LogP contribution in [-0.4, -0.2) is 53.7 Å². The van der Waals surface area contributed by atoms with E-state index in [4.69, 9.17) is 14.9 Å². The Bertz CT molecular complexity index is 1930. The number of aliphatic hydroxyl groups excluding tert-OH is 1. The molecule has 0 saturated heterocycles. The summed E-state index contributed by atoms with van der Waals surface area (Å²) in [6.45, 7) is 2.55. The van der Waals surface area contributed by atoms with Crippen LogP contribution in [0.15, 0.2) is 110 Å². The molecule has 0 saturated carbocycles. The summed E-state index contributed by atoms with van der Waals surface area (Å²) in [5, 5.41) is 38.7. The maximum Gasteiger partial charge on any atom is 0.490 e. The van der Waals surface area contributed by atoms with Crippen molar-refractivity contribution in [2.24, 2.45) is 0 Å². The number of H-pyrrole nitrogens is 1. The highest BCUT2D eigenvalue weighted by atomic mass is 19.4. The lowest BCUT2D eigenvalue weighted by atomic mass is 9.96. The van der Waals surface area contributed by atoms with Gasteiger partial charge in [-0.25, -0.2) is 9.78 Å². The number of aliphatic hydroxyl groups is 1. The van der Waals surface area contributed by atoms with Crippen LogP contribution >= 0.6 is 0 Å². The van der Waals surface area contributed by atoms with Crippen molar-refractivity contribution in [2.75, 3.05) is 0 Å². The smallest absolute Gasteiger partial charge is 0.490 e. The number of phenolic OH excluding ortho intramolecular Hbond substituents is 1. The fraction of sp³-hybridized carbons (Fsp3) is 0.143. The summed E-state index contributed by atoms with van der Waals surface area (Å²) in [6, 6.07) is 29.2. The molecule has 2 atom stereocenters. The van der Waals surface area contributed by atoms with E-state index in [2.05, 4.69) is 63.0 Å². The van der Waals surface area contributed by atoms with Gasteiger partial charge in [-0.15, -0.1) is 0 Å². The Balaban J connectivity index is 0.000000559. The van der Waals surface area contributed by atoms with Crippen molar-refractivity contribution in [3.63, 3.8) is 0 Å². The average molecular weight is 642 g/mol. The fourth-order valence-corrected chi connectivity index (χ4v) is 4.90. The largest absolute Gasteiger partial charge is 0.508 e. The Morgan fingerprint density at radius 2 is 1.60 bits per heavy atom. The number of benzene rings is 3. The molecule has 0 fully saturated rings. The number of hydrogen-bond acceptors (Lipinski definition) is 7. The molecule has 0 amide bonds. The minimum Gasteiger partial charge on any atom is -0.508 e. The zero-order valence-electron chi connectivity index (χ0n) is 25.0. The number of pyridine rings is 2. The number of carboxylic acid groups (broad SMARTS) is 1. The number of halogens is 3. The summed E-state index contributed by atoms with van der Waals surface area (Å²) in [5.41, 5.74) is 8.51. The quantitative estimate of drug-likeness (QED) is 0.121. The standard InChI is InChI=1S/C33H29N5O2.C2HF3O2/c1-21(33(40)25-11-13-27(39)14-12-25)35-18-22-7-9-24(10-8-22)32-28(23-5-3-2-4-6-23)17-29-30(38-32)15-16-34-31(29)26-19-36-37-20-26;3-2(4,5)1(6)7/h2-17,19-21,33,35,39-40H,18H2,1H3,(H,36,37);(H,6,7). The number of aliphatic carboxylic acids is 1. The minimum absolute atomic E-state index is 0.172. The number of alkyl halides is 3. The number of nitrogens with one attached hydrogen (secondary N) is 2. The van der Waals surface area contributed by atoms with Crippen LogP contribution in [0, 0.1) is 0 Å². The first kappa shape index (κ1) is 32.8. The zero-order valence-corrected chi connectivity index (χ0v) is 25.0. The molecule has 47 heavy (non-hydrogen) atoms. The van der Waals surface area contributed by atoms with Crippen molar-refractivity contribution in [1.29, 1.82) is 0 Å². The van der Waals surface area contributed by atoms with E-state index in [1.807, 2.05) is 37.4 Å². The molecule has 6 aromatic rings. The maximum atomic E-state index is 10.7. The second-order valence-corrected chi connectivity index (χ2v) is 10.7. The highest BCUT2D eigenvalue weighted by molar-refractivity contribution is 5.98. The summed E-state index contributed by atoms with van der Waals surface area (Å²) in [4.78, 5) is 18.7. The highest BCUT2D eigenvalue weighted by Gasteiger charge is 2.38. The Hall–Kier alpha value is -5.59. The molecule has 3 aromatic heterocycles. The van der Waals surface area contributed by atoms with E-state index in [0.29, 0.717) is 6.54 Å². The van der Waals surface area contributed by atoms with Crippen molar-refractivity contribution in [1.82, 2.24) is 25.5 Å². The van der Waals surface area contributed by atoms with Crippen LogP contribution in [0.4, 0.5) is 13.2 Å². The molecule has 6 rings (SSSR count). The van der Waals surface area contributed by atoms with Gasteiger partial charge >= 0.3 is 12.1 Å². The van der Waals surface area contributed by atoms with Crippen LogP contribution < -0.4 is 5.32 Å². The number of nitrogens with zero attached hydrogens (tertiary/aromatic N) is 3.